The van der Waals surface area contributed by atoms with Crippen LogP contribution in [-0.2, 0) is 16.0 Å². The first-order chi connectivity index (χ1) is 11.8. The zero-order valence-corrected chi connectivity index (χ0v) is 13.0. The van der Waals surface area contributed by atoms with Crippen molar-refractivity contribution in [2.24, 2.45) is 0 Å². The molecule has 2 aromatic carbocycles. The van der Waals surface area contributed by atoms with Crippen LogP contribution in [0.25, 0.3) is 0 Å². The largest absolute Gasteiger partial charge is 0.389 e. The Morgan fingerprint density at radius 3 is 2.24 bits per heavy atom. The van der Waals surface area contributed by atoms with Gasteiger partial charge in [-0.2, -0.15) is 0 Å². The SMILES string of the molecule is Cc1cc(C(=O)OC(=O)Cc2ccccc2[N+](=O)[O-])ccc1[N+](=O)[O-]. The molecule has 0 unspecified atom stereocenters. The minimum atomic E-state index is -0.985. The molecule has 0 heterocycles. The molecule has 0 atom stereocenters. The van der Waals surface area contributed by atoms with E-state index in [1.165, 1.54) is 43.3 Å². The zero-order chi connectivity index (χ0) is 18.6. The van der Waals surface area contributed by atoms with E-state index < -0.39 is 28.2 Å². The number of hydrogen-bond acceptors (Lipinski definition) is 7. The van der Waals surface area contributed by atoms with E-state index in [9.17, 15) is 29.8 Å². The third-order valence-electron chi connectivity index (χ3n) is 3.36. The Morgan fingerprint density at radius 1 is 1.00 bits per heavy atom. The van der Waals surface area contributed by atoms with Crippen molar-refractivity contribution in [3.8, 4) is 0 Å². The van der Waals surface area contributed by atoms with Crippen LogP contribution in [0.1, 0.15) is 21.5 Å². The van der Waals surface area contributed by atoms with Crippen LogP contribution in [0.4, 0.5) is 11.4 Å². The summed E-state index contributed by atoms with van der Waals surface area (Å²) in [7, 11) is 0. The van der Waals surface area contributed by atoms with Gasteiger partial charge in [-0.05, 0) is 19.1 Å². The molecule has 0 saturated heterocycles. The van der Waals surface area contributed by atoms with Gasteiger partial charge in [0.1, 0.15) is 0 Å². The molecule has 128 valence electrons. The van der Waals surface area contributed by atoms with Crippen LogP contribution in [0.5, 0.6) is 0 Å². The first kappa shape index (κ1) is 17.7. The summed E-state index contributed by atoms with van der Waals surface area (Å²) in [4.78, 5) is 44.2. The summed E-state index contributed by atoms with van der Waals surface area (Å²) in [5, 5.41) is 21.7. The monoisotopic (exact) mass is 344 g/mol. The first-order valence-corrected chi connectivity index (χ1v) is 7.02. The van der Waals surface area contributed by atoms with E-state index in [4.69, 9.17) is 0 Å². The molecule has 0 bridgehead atoms. The normalized spacial score (nSPS) is 10.1. The maximum absolute atomic E-state index is 12.0. The predicted molar refractivity (Wildman–Crippen MR) is 85.1 cm³/mol. The average Bonchev–Trinajstić information content (AvgIpc) is 2.54. The highest BCUT2D eigenvalue weighted by atomic mass is 16.6. The van der Waals surface area contributed by atoms with E-state index in [0.29, 0.717) is 0 Å². The number of carbonyl (C=O) groups is 2. The highest BCUT2D eigenvalue weighted by Gasteiger charge is 2.20. The Morgan fingerprint density at radius 2 is 1.64 bits per heavy atom. The standard InChI is InChI=1S/C16H12N2O7/c1-10-8-12(6-7-13(10)17(21)22)16(20)25-15(19)9-11-4-2-3-5-14(11)18(23)24/h2-8H,9H2,1H3. The van der Waals surface area contributed by atoms with Crippen molar-refractivity contribution in [3.05, 3.63) is 79.4 Å². The minimum absolute atomic E-state index is 0.0287. The van der Waals surface area contributed by atoms with E-state index in [1.807, 2.05) is 0 Å². The van der Waals surface area contributed by atoms with Gasteiger partial charge in [0.15, 0.2) is 0 Å². The highest BCUT2D eigenvalue weighted by molar-refractivity contribution is 5.97. The number of nitro groups is 2. The molecule has 0 fully saturated rings. The molecule has 0 radical (unpaired) electrons. The lowest BCUT2D eigenvalue weighted by Gasteiger charge is -2.05. The quantitative estimate of drug-likeness (QED) is 0.353. The summed E-state index contributed by atoms with van der Waals surface area (Å²) in [6.45, 7) is 1.45. The lowest BCUT2D eigenvalue weighted by atomic mass is 10.1. The van der Waals surface area contributed by atoms with E-state index in [1.54, 1.807) is 0 Å². The van der Waals surface area contributed by atoms with Gasteiger partial charge in [0.25, 0.3) is 11.4 Å². The van der Waals surface area contributed by atoms with Crippen LogP contribution in [-0.4, -0.2) is 21.8 Å². The molecule has 25 heavy (non-hydrogen) atoms. The van der Waals surface area contributed by atoms with Crippen molar-refractivity contribution < 1.29 is 24.2 Å². The smallest absolute Gasteiger partial charge is 0.345 e. The molecule has 0 aromatic heterocycles. The van der Waals surface area contributed by atoms with Crippen LogP contribution in [0.3, 0.4) is 0 Å². The van der Waals surface area contributed by atoms with Crippen LogP contribution in [0.15, 0.2) is 42.5 Å². The number of para-hydroxylation sites is 1. The summed E-state index contributed by atoms with van der Waals surface area (Å²) < 4.78 is 4.66. The van der Waals surface area contributed by atoms with Crippen molar-refractivity contribution >= 4 is 23.3 Å². The van der Waals surface area contributed by atoms with Gasteiger partial charge in [-0.25, -0.2) is 4.79 Å². The van der Waals surface area contributed by atoms with Crippen molar-refractivity contribution in [2.45, 2.75) is 13.3 Å². The molecule has 0 spiro atoms. The summed E-state index contributed by atoms with van der Waals surface area (Å²) in [5.41, 5.74) is -0.0874. The lowest BCUT2D eigenvalue weighted by molar-refractivity contribution is -0.385. The van der Waals surface area contributed by atoms with E-state index in [2.05, 4.69) is 4.74 Å². The molecular weight excluding hydrogens is 332 g/mol. The zero-order valence-electron chi connectivity index (χ0n) is 13.0. The number of nitro benzene ring substituents is 2. The van der Waals surface area contributed by atoms with Crippen molar-refractivity contribution in [2.75, 3.05) is 0 Å². The van der Waals surface area contributed by atoms with E-state index in [-0.39, 0.29) is 28.1 Å². The van der Waals surface area contributed by atoms with Crippen LogP contribution in [0, 0.1) is 27.2 Å². The molecule has 0 N–H and O–H groups in total. The average molecular weight is 344 g/mol. The summed E-state index contributed by atoms with van der Waals surface area (Å²) in [6.07, 6.45) is -0.450. The fourth-order valence-corrected chi connectivity index (χ4v) is 2.18. The molecule has 0 saturated carbocycles. The fraction of sp³-hybridized carbons (Fsp3) is 0.125. The van der Waals surface area contributed by atoms with Gasteiger partial charge in [-0.1, -0.05) is 18.2 Å². The number of nitrogens with zero attached hydrogens (tertiary/aromatic N) is 2. The maximum Gasteiger partial charge on any atom is 0.345 e. The predicted octanol–water partition coefficient (Wildman–Crippen LogP) is 2.74. The lowest BCUT2D eigenvalue weighted by Crippen LogP contribution is -2.15. The topological polar surface area (TPSA) is 130 Å². The number of benzene rings is 2. The molecule has 0 aliphatic carbocycles. The second-order valence-corrected chi connectivity index (χ2v) is 5.08. The van der Waals surface area contributed by atoms with Crippen LogP contribution < -0.4 is 0 Å². The molecule has 2 aromatic rings. The second-order valence-electron chi connectivity index (χ2n) is 5.08. The number of rotatable bonds is 5. The molecule has 2 rings (SSSR count). The summed E-state index contributed by atoms with van der Waals surface area (Å²) in [5.74, 6) is -1.95. The van der Waals surface area contributed by atoms with Gasteiger partial charge < -0.3 is 4.74 Å². The minimum Gasteiger partial charge on any atom is -0.389 e. The Balaban J connectivity index is 2.11. The van der Waals surface area contributed by atoms with E-state index >= 15 is 0 Å². The summed E-state index contributed by atoms with van der Waals surface area (Å²) >= 11 is 0. The van der Waals surface area contributed by atoms with Gasteiger partial charge >= 0.3 is 11.9 Å². The number of carbonyl (C=O) groups excluding carboxylic acids is 2. The molecule has 0 aliphatic heterocycles. The Bertz CT molecular complexity index is 877. The van der Waals surface area contributed by atoms with Crippen LogP contribution >= 0.6 is 0 Å². The Kier molecular flexibility index (Phi) is 5.18. The van der Waals surface area contributed by atoms with Gasteiger partial charge in [0, 0.05) is 23.3 Å². The molecular formula is C16H12N2O7. The third kappa shape index (κ3) is 4.22. The third-order valence-corrected chi connectivity index (χ3v) is 3.36. The van der Waals surface area contributed by atoms with Crippen molar-refractivity contribution in [1.29, 1.82) is 0 Å². The summed E-state index contributed by atoms with van der Waals surface area (Å²) in [6, 6.07) is 9.15. The molecule has 0 amide bonds. The number of ether oxygens (including phenoxy) is 1. The number of aryl methyl sites for hydroxylation is 1. The van der Waals surface area contributed by atoms with Gasteiger partial charge in [0.2, 0.25) is 0 Å². The Labute approximate surface area is 141 Å². The first-order valence-electron chi connectivity index (χ1n) is 7.02. The highest BCUT2D eigenvalue weighted by Crippen LogP contribution is 2.21. The van der Waals surface area contributed by atoms with Gasteiger partial charge in [0.05, 0.1) is 21.8 Å². The van der Waals surface area contributed by atoms with Gasteiger partial charge in [-0.15, -0.1) is 0 Å². The second kappa shape index (κ2) is 7.30. The van der Waals surface area contributed by atoms with Gasteiger partial charge in [-0.3, -0.25) is 25.0 Å². The molecule has 0 aliphatic rings. The maximum atomic E-state index is 12.0. The number of esters is 2. The molecule has 9 heteroatoms. The van der Waals surface area contributed by atoms with Crippen molar-refractivity contribution in [3.63, 3.8) is 0 Å². The molecule has 9 nitrogen and oxygen atoms in total. The number of hydrogen-bond donors (Lipinski definition) is 0. The van der Waals surface area contributed by atoms with E-state index in [0.717, 1.165) is 6.07 Å². The van der Waals surface area contributed by atoms with Crippen LogP contribution in [0.2, 0.25) is 0 Å². The van der Waals surface area contributed by atoms with Crippen molar-refractivity contribution in [1.82, 2.24) is 0 Å². The Hall–Kier alpha value is -3.62. The fourth-order valence-electron chi connectivity index (χ4n) is 2.18.